The minimum Gasteiger partial charge on any atom is -0.320 e. The van der Waals surface area contributed by atoms with Crippen LogP contribution in [0.3, 0.4) is 0 Å². The molecule has 0 aliphatic carbocycles. The van der Waals surface area contributed by atoms with Crippen molar-refractivity contribution in [2.45, 2.75) is 13.0 Å². The van der Waals surface area contributed by atoms with Gasteiger partial charge in [0.2, 0.25) is 29.0 Å². The molecule has 10 heteroatoms. The number of hydrogen-bond donors (Lipinski definition) is 1. The van der Waals surface area contributed by atoms with E-state index in [9.17, 15) is 9.59 Å². The molecule has 1 fully saturated rings. The van der Waals surface area contributed by atoms with Crippen LogP contribution in [0.25, 0.3) is 5.95 Å². The highest BCUT2D eigenvalue weighted by Crippen LogP contribution is 2.17. The average Bonchev–Trinajstić information content (AvgIpc) is 2.96. The number of hydrogen-bond acceptors (Lipinski definition) is 7. The summed E-state index contributed by atoms with van der Waals surface area (Å²) in [6.07, 6.45) is 4.72. The van der Waals surface area contributed by atoms with Gasteiger partial charge in [-0.25, -0.2) is 4.98 Å². The van der Waals surface area contributed by atoms with Crippen LogP contribution in [0.15, 0.2) is 18.7 Å². The van der Waals surface area contributed by atoms with Crippen LogP contribution in [-0.4, -0.2) is 48.9 Å². The molecule has 0 aromatic carbocycles. The quantitative estimate of drug-likeness (QED) is 0.750. The normalized spacial score (nSPS) is 18.8. The van der Waals surface area contributed by atoms with Crippen LogP contribution in [0, 0.1) is 0 Å². The van der Waals surface area contributed by atoms with E-state index in [1.165, 1.54) is 11.2 Å². The zero-order valence-electron chi connectivity index (χ0n) is 10.9. The zero-order valence-corrected chi connectivity index (χ0v) is 11.7. The van der Waals surface area contributed by atoms with E-state index in [1.54, 1.807) is 23.9 Å². The summed E-state index contributed by atoms with van der Waals surface area (Å²) < 4.78 is 1.55. The first kappa shape index (κ1) is 13.4. The molecular weight excluding hydrogens is 298 g/mol. The second-order valence-corrected chi connectivity index (χ2v) is 4.73. The lowest BCUT2D eigenvalue weighted by molar-refractivity contribution is -0.132. The number of imidazole rings is 1. The average molecular weight is 308 g/mol. The van der Waals surface area contributed by atoms with Crippen molar-refractivity contribution in [3.63, 3.8) is 0 Å². The van der Waals surface area contributed by atoms with Crippen LogP contribution in [0.5, 0.6) is 0 Å². The number of anilines is 1. The van der Waals surface area contributed by atoms with Crippen LogP contribution in [0.2, 0.25) is 5.28 Å². The van der Waals surface area contributed by atoms with E-state index in [0.717, 1.165) is 0 Å². The van der Waals surface area contributed by atoms with Crippen LogP contribution in [0.1, 0.15) is 6.92 Å². The molecule has 2 aromatic rings. The fourth-order valence-corrected chi connectivity index (χ4v) is 2.06. The summed E-state index contributed by atoms with van der Waals surface area (Å²) >= 11 is 5.90. The molecule has 1 N–H and O–H groups in total. The molecule has 9 nitrogen and oxygen atoms in total. The van der Waals surface area contributed by atoms with Crippen molar-refractivity contribution in [1.29, 1.82) is 0 Å². The molecule has 1 atom stereocenters. The summed E-state index contributed by atoms with van der Waals surface area (Å²) in [6.45, 7) is 1.62. The molecule has 2 amide bonds. The van der Waals surface area contributed by atoms with Crippen LogP contribution >= 0.6 is 11.6 Å². The molecule has 2 aromatic heterocycles. The van der Waals surface area contributed by atoms with E-state index in [0.29, 0.717) is 0 Å². The third kappa shape index (κ3) is 2.55. The van der Waals surface area contributed by atoms with E-state index in [1.807, 2.05) is 0 Å². The Labute approximate surface area is 124 Å². The smallest absolute Gasteiger partial charge is 0.249 e. The Morgan fingerprint density at radius 1 is 1.29 bits per heavy atom. The zero-order chi connectivity index (χ0) is 15.0. The minimum atomic E-state index is -0.586. The van der Waals surface area contributed by atoms with Gasteiger partial charge in [0, 0.05) is 12.4 Å². The van der Waals surface area contributed by atoms with Crippen molar-refractivity contribution in [2.24, 2.45) is 0 Å². The summed E-state index contributed by atoms with van der Waals surface area (Å²) in [4.78, 5) is 40.8. The summed E-state index contributed by atoms with van der Waals surface area (Å²) in [7, 11) is 0. The lowest BCUT2D eigenvalue weighted by atomic mass is 10.2. The Morgan fingerprint density at radius 3 is 2.76 bits per heavy atom. The molecule has 1 aliphatic heterocycles. The van der Waals surface area contributed by atoms with Crippen molar-refractivity contribution in [3.05, 3.63) is 24.0 Å². The van der Waals surface area contributed by atoms with Gasteiger partial charge in [0.25, 0.3) is 0 Å². The van der Waals surface area contributed by atoms with Crippen molar-refractivity contribution in [3.8, 4) is 5.95 Å². The van der Waals surface area contributed by atoms with Gasteiger partial charge in [-0.15, -0.1) is 0 Å². The third-order valence-corrected chi connectivity index (χ3v) is 3.17. The van der Waals surface area contributed by atoms with Crippen molar-refractivity contribution in [1.82, 2.24) is 29.8 Å². The van der Waals surface area contributed by atoms with E-state index in [2.05, 4.69) is 25.3 Å². The van der Waals surface area contributed by atoms with Crippen molar-refractivity contribution < 1.29 is 9.59 Å². The topological polar surface area (TPSA) is 106 Å². The summed E-state index contributed by atoms with van der Waals surface area (Å²) in [6, 6.07) is -0.586. The van der Waals surface area contributed by atoms with E-state index < -0.39 is 17.9 Å². The van der Waals surface area contributed by atoms with Gasteiger partial charge in [-0.1, -0.05) is 0 Å². The molecule has 1 aliphatic rings. The molecule has 3 heterocycles. The van der Waals surface area contributed by atoms with Crippen molar-refractivity contribution in [2.75, 3.05) is 11.4 Å². The summed E-state index contributed by atoms with van der Waals surface area (Å²) in [5, 5.41) is 2.21. The fourth-order valence-electron chi connectivity index (χ4n) is 1.91. The number of carbonyl (C=O) groups is 2. The van der Waals surface area contributed by atoms with Crippen molar-refractivity contribution >= 4 is 29.4 Å². The second kappa shape index (κ2) is 5.09. The summed E-state index contributed by atoms with van der Waals surface area (Å²) in [5.41, 5.74) is 0. The van der Waals surface area contributed by atoms with Gasteiger partial charge in [-0.2, -0.15) is 15.0 Å². The Hall–Kier alpha value is -2.55. The Morgan fingerprint density at radius 2 is 2.05 bits per heavy atom. The van der Waals surface area contributed by atoms with Gasteiger partial charge in [0.15, 0.2) is 0 Å². The molecule has 0 spiro atoms. The fraction of sp³-hybridized carbons (Fsp3) is 0.273. The molecule has 0 bridgehead atoms. The monoisotopic (exact) mass is 307 g/mol. The molecule has 1 saturated heterocycles. The number of piperazine rings is 1. The van der Waals surface area contributed by atoms with E-state index in [4.69, 9.17) is 11.6 Å². The first-order valence-corrected chi connectivity index (χ1v) is 6.42. The first-order chi connectivity index (χ1) is 10.0. The number of carbonyl (C=O) groups excluding carboxylic acids is 2. The maximum absolute atomic E-state index is 11.7. The highest BCUT2D eigenvalue weighted by atomic mass is 35.5. The van der Waals surface area contributed by atoms with E-state index >= 15 is 0 Å². The van der Waals surface area contributed by atoms with E-state index in [-0.39, 0.29) is 23.7 Å². The lowest BCUT2D eigenvalue weighted by Crippen LogP contribution is -2.57. The highest BCUT2D eigenvalue weighted by molar-refractivity contribution is 6.28. The number of halogens is 1. The largest absolute Gasteiger partial charge is 0.320 e. The molecule has 0 radical (unpaired) electrons. The standard InChI is InChI=1S/C11H10ClN7O2/c1-6-8(21)14-7(20)4-19(6)11-16-9(12)15-10(17-11)18-3-2-13-5-18/h2-3,5-6H,4H2,1H3,(H,14,20,21). The molecule has 108 valence electrons. The Kier molecular flexibility index (Phi) is 3.26. The van der Waals surface area contributed by atoms with Crippen LogP contribution < -0.4 is 10.2 Å². The molecular formula is C11H10ClN7O2. The molecule has 0 saturated carbocycles. The Balaban J connectivity index is 2.02. The molecule has 21 heavy (non-hydrogen) atoms. The molecule has 3 rings (SSSR count). The Bertz CT molecular complexity index is 703. The number of rotatable bonds is 2. The summed E-state index contributed by atoms with van der Waals surface area (Å²) in [5.74, 6) is -0.409. The maximum Gasteiger partial charge on any atom is 0.249 e. The first-order valence-electron chi connectivity index (χ1n) is 6.05. The second-order valence-electron chi connectivity index (χ2n) is 4.39. The highest BCUT2D eigenvalue weighted by Gasteiger charge is 2.32. The van der Waals surface area contributed by atoms with Gasteiger partial charge in [-0.3, -0.25) is 19.5 Å². The number of nitrogens with zero attached hydrogens (tertiary/aromatic N) is 6. The van der Waals surface area contributed by atoms with Gasteiger partial charge >= 0.3 is 0 Å². The minimum absolute atomic E-state index is 0.0311. The SMILES string of the molecule is CC1C(=O)NC(=O)CN1c1nc(Cl)nc(-n2ccnc2)n1. The number of aromatic nitrogens is 5. The third-order valence-electron chi connectivity index (χ3n) is 3.00. The molecule has 1 unspecified atom stereocenters. The maximum atomic E-state index is 11.7. The van der Waals surface area contributed by atoms with Gasteiger partial charge in [0.1, 0.15) is 18.9 Å². The lowest BCUT2D eigenvalue weighted by Gasteiger charge is -2.31. The van der Waals surface area contributed by atoms with Gasteiger partial charge < -0.3 is 4.90 Å². The van der Waals surface area contributed by atoms with Crippen LogP contribution in [0.4, 0.5) is 5.95 Å². The number of nitrogens with one attached hydrogen (secondary N) is 1. The predicted molar refractivity (Wildman–Crippen MR) is 71.9 cm³/mol. The van der Waals surface area contributed by atoms with Gasteiger partial charge in [0.05, 0.1) is 0 Å². The number of imide groups is 1. The van der Waals surface area contributed by atoms with Gasteiger partial charge in [-0.05, 0) is 18.5 Å². The number of amides is 2. The van der Waals surface area contributed by atoms with Crippen LogP contribution in [-0.2, 0) is 9.59 Å². The predicted octanol–water partition coefficient (Wildman–Crippen LogP) is -0.438.